The van der Waals surface area contributed by atoms with Gasteiger partial charge in [0.25, 0.3) is 0 Å². The number of rotatable bonds is 1. The molecule has 0 spiro atoms. The number of nitrogens with zero attached hydrogens (tertiary/aromatic N) is 2. The van der Waals surface area contributed by atoms with Crippen molar-refractivity contribution in [2.75, 3.05) is 0 Å². The van der Waals surface area contributed by atoms with Gasteiger partial charge in [-0.15, -0.1) is 11.3 Å². The number of pyridine rings is 1. The maximum atomic E-state index is 4.14. The molecule has 2 aromatic heterocycles. The van der Waals surface area contributed by atoms with Crippen molar-refractivity contribution in [3.63, 3.8) is 0 Å². The highest BCUT2D eigenvalue weighted by atomic mass is 32.1. The molecule has 1 radical (unpaired) electrons. The molecular formula is C8H5N2S. The molecule has 0 atom stereocenters. The topological polar surface area (TPSA) is 25.8 Å². The van der Waals surface area contributed by atoms with Crippen LogP contribution in [0.2, 0.25) is 0 Å². The minimum absolute atomic E-state index is 0.964. The zero-order chi connectivity index (χ0) is 7.52. The molecular weight excluding hydrogens is 156 g/mol. The van der Waals surface area contributed by atoms with Crippen LogP contribution < -0.4 is 0 Å². The van der Waals surface area contributed by atoms with Gasteiger partial charge in [0.05, 0.1) is 16.1 Å². The van der Waals surface area contributed by atoms with Gasteiger partial charge in [-0.1, -0.05) is 6.07 Å². The van der Waals surface area contributed by atoms with Crippen LogP contribution >= 0.6 is 11.3 Å². The molecule has 2 heterocycles. The summed E-state index contributed by atoms with van der Waals surface area (Å²) in [6.07, 6.45) is 3.47. The van der Waals surface area contributed by atoms with Crippen LogP contribution in [0, 0.1) is 6.07 Å². The smallest absolute Gasteiger partial charge is 0.0818 e. The van der Waals surface area contributed by atoms with Crippen molar-refractivity contribution in [2.45, 2.75) is 0 Å². The van der Waals surface area contributed by atoms with Crippen molar-refractivity contribution < 1.29 is 0 Å². The van der Waals surface area contributed by atoms with Crippen molar-refractivity contribution in [1.82, 2.24) is 9.97 Å². The van der Waals surface area contributed by atoms with Crippen LogP contribution in [0.4, 0.5) is 0 Å². The highest BCUT2D eigenvalue weighted by Crippen LogP contribution is 2.19. The Balaban J connectivity index is 2.46. The normalized spacial score (nSPS) is 9.82. The summed E-state index contributed by atoms with van der Waals surface area (Å²) >= 11 is 1.59. The van der Waals surface area contributed by atoms with E-state index in [0.29, 0.717) is 0 Å². The minimum atomic E-state index is 0.964. The van der Waals surface area contributed by atoms with Gasteiger partial charge in [0.2, 0.25) is 0 Å². The zero-order valence-electron chi connectivity index (χ0n) is 5.69. The van der Waals surface area contributed by atoms with Gasteiger partial charge in [0.1, 0.15) is 0 Å². The number of hydrogen-bond acceptors (Lipinski definition) is 3. The second-order valence-electron chi connectivity index (χ2n) is 2.01. The molecule has 0 saturated heterocycles. The molecule has 2 rings (SSSR count). The average Bonchev–Trinajstić information content (AvgIpc) is 2.58. The number of thiazole rings is 1. The van der Waals surface area contributed by atoms with Crippen LogP contribution in [-0.4, -0.2) is 9.97 Å². The summed E-state index contributed by atoms with van der Waals surface area (Å²) in [4.78, 5) is 9.20. The van der Waals surface area contributed by atoms with Gasteiger partial charge < -0.3 is 0 Å². The second-order valence-corrected chi connectivity index (χ2v) is 2.90. The molecule has 0 unspecified atom stereocenters. The van der Waals surface area contributed by atoms with Crippen molar-refractivity contribution in [1.29, 1.82) is 0 Å². The van der Waals surface area contributed by atoms with Crippen LogP contribution in [0.1, 0.15) is 0 Å². The summed E-state index contributed by atoms with van der Waals surface area (Å²) in [5, 5.41) is 0. The average molecular weight is 161 g/mol. The van der Waals surface area contributed by atoms with E-state index in [1.54, 1.807) is 23.0 Å². The third-order valence-electron chi connectivity index (χ3n) is 1.30. The second kappa shape index (κ2) is 2.80. The predicted molar refractivity (Wildman–Crippen MR) is 44.2 cm³/mol. The van der Waals surface area contributed by atoms with Crippen LogP contribution in [0.25, 0.3) is 10.6 Å². The third kappa shape index (κ3) is 1.28. The minimum Gasteiger partial charge on any atom is -0.255 e. The SMILES string of the molecule is [c]1ccc(-c2cncs2)nc1. The molecule has 0 aliphatic rings. The first kappa shape index (κ1) is 6.49. The molecule has 0 aliphatic carbocycles. The molecule has 53 valence electrons. The molecule has 11 heavy (non-hydrogen) atoms. The Hall–Kier alpha value is -1.22. The fraction of sp³-hybridized carbons (Fsp3) is 0. The van der Waals surface area contributed by atoms with E-state index in [-0.39, 0.29) is 0 Å². The summed E-state index contributed by atoms with van der Waals surface area (Å²) in [5.41, 5.74) is 2.76. The Morgan fingerprint density at radius 2 is 2.45 bits per heavy atom. The van der Waals surface area contributed by atoms with Gasteiger partial charge in [0, 0.05) is 18.5 Å². The lowest BCUT2D eigenvalue weighted by Crippen LogP contribution is -1.75. The van der Waals surface area contributed by atoms with E-state index < -0.39 is 0 Å². The maximum Gasteiger partial charge on any atom is 0.0818 e. The van der Waals surface area contributed by atoms with E-state index in [2.05, 4.69) is 16.0 Å². The van der Waals surface area contributed by atoms with Crippen LogP contribution in [-0.2, 0) is 0 Å². The van der Waals surface area contributed by atoms with E-state index in [1.807, 2.05) is 18.3 Å². The van der Waals surface area contributed by atoms with Gasteiger partial charge in [-0.25, -0.2) is 0 Å². The van der Waals surface area contributed by atoms with E-state index in [9.17, 15) is 0 Å². The fourth-order valence-corrected chi connectivity index (χ4v) is 1.41. The molecule has 2 nitrogen and oxygen atoms in total. The van der Waals surface area contributed by atoms with E-state index in [1.165, 1.54) is 0 Å². The standard InChI is InChI=1S/C8H5N2S/c1-2-4-10-7(3-1)8-5-9-6-11-8/h1,3-6H. The Kier molecular flexibility index (Phi) is 1.65. The summed E-state index contributed by atoms with van der Waals surface area (Å²) in [7, 11) is 0. The first-order valence-electron chi connectivity index (χ1n) is 3.18. The van der Waals surface area contributed by atoms with Gasteiger partial charge in [0.15, 0.2) is 0 Å². The highest BCUT2D eigenvalue weighted by molar-refractivity contribution is 7.13. The van der Waals surface area contributed by atoms with Crippen molar-refractivity contribution in [3.05, 3.63) is 36.1 Å². The first-order chi connectivity index (χ1) is 5.47. The zero-order valence-corrected chi connectivity index (χ0v) is 6.51. The fourth-order valence-electron chi connectivity index (χ4n) is 0.808. The molecule has 0 aliphatic heterocycles. The Bertz CT molecular complexity index is 315. The predicted octanol–water partition coefficient (Wildman–Crippen LogP) is 2.01. The molecule has 0 saturated carbocycles. The Morgan fingerprint density at radius 3 is 3.09 bits per heavy atom. The third-order valence-corrected chi connectivity index (χ3v) is 2.10. The maximum absolute atomic E-state index is 4.14. The molecule has 0 aromatic carbocycles. The van der Waals surface area contributed by atoms with Crippen molar-refractivity contribution in [2.24, 2.45) is 0 Å². The van der Waals surface area contributed by atoms with Crippen molar-refractivity contribution in [3.8, 4) is 10.6 Å². The molecule has 0 fully saturated rings. The Labute approximate surface area is 68.6 Å². The summed E-state index contributed by atoms with van der Waals surface area (Å²) < 4.78 is 0. The first-order valence-corrected chi connectivity index (χ1v) is 4.06. The van der Waals surface area contributed by atoms with E-state index in [0.717, 1.165) is 10.6 Å². The van der Waals surface area contributed by atoms with Crippen LogP contribution in [0.15, 0.2) is 30.0 Å². The molecule has 2 aromatic rings. The molecule has 0 N–H and O–H groups in total. The van der Waals surface area contributed by atoms with Crippen molar-refractivity contribution >= 4 is 11.3 Å². The highest BCUT2D eigenvalue weighted by Gasteiger charge is 1.97. The molecule has 0 amide bonds. The lowest BCUT2D eigenvalue weighted by molar-refractivity contribution is 1.32. The lowest BCUT2D eigenvalue weighted by Gasteiger charge is -1.90. The van der Waals surface area contributed by atoms with Crippen LogP contribution in [0.5, 0.6) is 0 Å². The summed E-state index contributed by atoms with van der Waals surface area (Å²) in [5.74, 6) is 0. The van der Waals surface area contributed by atoms with Gasteiger partial charge >= 0.3 is 0 Å². The van der Waals surface area contributed by atoms with Gasteiger partial charge in [-0.05, 0) is 6.07 Å². The van der Waals surface area contributed by atoms with E-state index in [4.69, 9.17) is 0 Å². The van der Waals surface area contributed by atoms with Gasteiger partial charge in [-0.2, -0.15) is 0 Å². The largest absolute Gasteiger partial charge is 0.255 e. The van der Waals surface area contributed by atoms with Crippen LogP contribution in [0.3, 0.4) is 0 Å². The quantitative estimate of drug-likeness (QED) is 0.639. The number of aromatic nitrogens is 2. The number of hydrogen-bond donors (Lipinski definition) is 0. The summed E-state index contributed by atoms with van der Waals surface area (Å²) in [6, 6.07) is 6.64. The molecule has 0 bridgehead atoms. The monoisotopic (exact) mass is 161 g/mol. The van der Waals surface area contributed by atoms with E-state index >= 15 is 0 Å². The lowest BCUT2D eigenvalue weighted by atomic mass is 10.3. The van der Waals surface area contributed by atoms with Gasteiger partial charge in [-0.3, -0.25) is 9.97 Å². The Morgan fingerprint density at radius 1 is 1.45 bits per heavy atom. The molecule has 3 heteroatoms. The summed E-state index contributed by atoms with van der Waals surface area (Å²) in [6.45, 7) is 0.